The maximum Gasteiger partial charge on any atom is 0.407 e. The van der Waals surface area contributed by atoms with Crippen LogP contribution in [0.25, 0.3) is 11.1 Å². The van der Waals surface area contributed by atoms with Gasteiger partial charge >= 0.3 is 6.09 Å². The highest BCUT2D eigenvalue weighted by atomic mass is 16.5. The van der Waals surface area contributed by atoms with E-state index in [1.807, 2.05) is 19.1 Å². The van der Waals surface area contributed by atoms with Gasteiger partial charge in [-0.2, -0.15) is 0 Å². The Labute approximate surface area is 165 Å². The number of anilines is 1. The molecular formula is C21H28N4O3. The van der Waals surface area contributed by atoms with Crippen molar-refractivity contribution < 1.29 is 14.6 Å². The van der Waals surface area contributed by atoms with Crippen LogP contribution >= 0.6 is 0 Å². The molecule has 1 unspecified atom stereocenters. The first-order valence-electron chi connectivity index (χ1n) is 9.74. The van der Waals surface area contributed by atoms with Crippen molar-refractivity contribution in [3.63, 3.8) is 0 Å². The minimum absolute atomic E-state index is 0.137. The second kappa shape index (κ2) is 8.93. The Hall–Kier alpha value is -2.80. The number of hydrogen-bond donors (Lipinski definition) is 2. The number of aromatic nitrogens is 1. The molecular weight excluding hydrogens is 356 g/mol. The van der Waals surface area contributed by atoms with E-state index in [4.69, 9.17) is 10.5 Å². The molecule has 3 N–H and O–H groups in total. The molecule has 0 aliphatic carbocycles. The van der Waals surface area contributed by atoms with Gasteiger partial charge in [-0.25, -0.2) is 9.78 Å². The first-order valence-corrected chi connectivity index (χ1v) is 9.74. The number of benzene rings is 1. The van der Waals surface area contributed by atoms with Gasteiger partial charge in [0.15, 0.2) is 0 Å². The number of pyridine rings is 1. The van der Waals surface area contributed by atoms with Crippen LogP contribution < -0.4 is 15.4 Å². The third-order valence-electron chi connectivity index (χ3n) is 5.20. The van der Waals surface area contributed by atoms with Crippen LogP contribution in [0.15, 0.2) is 36.5 Å². The van der Waals surface area contributed by atoms with Gasteiger partial charge in [-0.3, -0.25) is 0 Å². The van der Waals surface area contributed by atoms with Gasteiger partial charge in [0.05, 0.1) is 6.61 Å². The Balaban J connectivity index is 1.93. The zero-order chi connectivity index (χ0) is 20.1. The number of ether oxygens (including phenoxy) is 1. The van der Waals surface area contributed by atoms with Crippen LogP contribution in [0.5, 0.6) is 5.88 Å². The Morgan fingerprint density at radius 2 is 2.14 bits per heavy atom. The van der Waals surface area contributed by atoms with E-state index in [2.05, 4.69) is 35.0 Å². The lowest BCUT2D eigenvalue weighted by Crippen LogP contribution is -2.54. The number of rotatable bonds is 6. The minimum Gasteiger partial charge on any atom is -0.478 e. The van der Waals surface area contributed by atoms with Crippen LogP contribution in [0, 0.1) is 0 Å². The lowest BCUT2D eigenvalue weighted by atomic mass is 10.00. The van der Waals surface area contributed by atoms with E-state index in [1.54, 1.807) is 6.20 Å². The Morgan fingerprint density at radius 3 is 2.82 bits per heavy atom. The Kier molecular flexibility index (Phi) is 6.36. The number of nitrogens with zero attached hydrogens (tertiary/aromatic N) is 3. The molecule has 2 aromatic rings. The molecule has 0 saturated carbocycles. The van der Waals surface area contributed by atoms with Crippen molar-refractivity contribution in [1.82, 2.24) is 9.88 Å². The third kappa shape index (κ3) is 4.04. The van der Waals surface area contributed by atoms with Crippen LogP contribution in [-0.4, -0.2) is 53.4 Å². The average molecular weight is 384 g/mol. The molecule has 150 valence electrons. The van der Waals surface area contributed by atoms with Crippen molar-refractivity contribution in [3.8, 4) is 17.0 Å². The standard InChI is InChI=1S/C21H28N4O3/c1-3-17-14-24(21(26)27)10-11-25(17)19-8-7-15(12-16(19)13-22)18-6-5-9-23-20(18)28-4-2/h5-9,12,17H,3-4,10-11,13-14,22H2,1-2H3,(H,26,27). The highest BCUT2D eigenvalue weighted by molar-refractivity contribution is 5.73. The van der Waals surface area contributed by atoms with Crippen molar-refractivity contribution in [1.29, 1.82) is 0 Å². The normalized spacial score (nSPS) is 16.9. The molecule has 7 nitrogen and oxygen atoms in total. The first kappa shape index (κ1) is 19.9. The van der Waals surface area contributed by atoms with Crippen molar-refractivity contribution in [2.45, 2.75) is 32.9 Å². The second-order valence-electron chi connectivity index (χ2n) is 6.82. The van der Waals surface area contributed by atoms with E-state index in [-0.39, 0.29) is 6.04 Å². The van der Waals surface area contributed by atoms with Crippen molar-refractivity contribution in [2.75, 3.05) is 31.1 Å². The average Bonchev–Trinajstić information content (AvgIpc) is 2.73. The highest BCUT2D eigenvalue weighted by Gasteiger charge is 2.29. The van der Waals surface area contributed by atoms with E-state index >= 15 is 0 Å². The summed E-state index contributed by atoms with van der Waals surface area (Å²) < 4.78 is 5.67. The monoisotopic (exact) mass is 384 g/mol. The van der Waals surface area contributed by atoms with Gasteiger partial charge in [-0.05, 0) is 48.7 Å². The molecule has 1 fully saturated rings. The molecule has 3 rings (SSSR count). The maximum atomic E-state index is 11.3. The number of piperazine rings is 1. The third-order valence-corrected chi connectivity index (χ3v) is 5.20. The van der Waals surface area contributed by atoms with Gasteiger partial charge in [-0.1, -0.05) is 13.0 Å². The van der Waals surface area contributed by atoms with Crippen LogP contribution in [0.3, 0.4) is 0 Å². The molecule has 0 bridgehead atoms. The van der Waals surface area contributed by atoms with E-state index in [0.717, 1.165) is 28.8 Å². The zero-order valence-electron chi connectivity index (χ0n) is 16.5. The van der Waals surface area contributed by atoms with Crippen LogP contribution in [0.1, 0.15) is 25.8 Å². The topological polar surface area (TPSA) is 91.9 Å². The molecule has 0 spiro atoms. The quantitative estimate of drug-likeness (QED) is 0.795. The summed E-state index contributed by atoms with van der Waals surface area (Å²) >= 11 is 0. The predicted octanol–water partition coefficient (Wildman–Crippen LogP) is 3.18. The summed E-state index contributed by atoms with van der Waals surface area (Å²) in [4.78, 5) is 19.5. The minimum atomic E-state index is -0.854. The fourth-order valence-corrected chi connectivity index (χ4v) is 3.75. The fraction of sp³-hybridized carbons (Fsp3) is 0.429. The predicted molar refractivity (Wildman–Crippen MR) is 110 cm³/mol. The molecule has 1 aliphatic heterocycles. The molecule has 1 aromatic heterocycles. The van der Waals surface area contributed by atoms with Crippen molar-refractivity contribution >= 4 is 11.8 Å². The van der Waals surface area contributed by atoms with Gasteiger partial charge in [0.25, 0.3) is 0 Å². The summed E-state index contributed by atoms with van der Waals surface area (Å²) in [6.07, 6.45) is 1.74. The second-order valence-corrected chi connectivity index (χ2v) is 6.82. The lowest BCUT2D eigenvalue weighted by Gasteiger charge is -2.42. The molecule has 1 aromatic carbocycles. The molecule has 1 saturated heterocycles. The van der Waals surface area contributed by atoms with Crippen LogP contribution in [-0.2, 0) is 6.54 Å². The molecule has 28 heavy (non-hydrogen) atoms. The smallest absolute Gasteiger partial charge is 0.407 e. The summed E-state index contributed by atoms with van der Waals surface area (Å²) in [6.45, 7) is 6.65. The molecule has 7 heteroatoms. The van der Waals surface area contributed by atoms with E-state index in [1.165, 1.54) is 4.90 Å². The number of carbonyl (C=O) groups is 1. The van der Waals surface area contributed by atoms with E-state index < -0.39 is 6.09 Å². The molecule has 1 amide bonds. The highest BCUT2D eigenvalue weighted by Crippen LogP contribution is 2.33. The van der Waals surface area contributed by atoms with E-state index in [9.17, 15) is 9.90 Å². The fourth-order valence-electron chi connectivity index (χ4n) is 3.75. The summed E-state index contributed by atoms with van der Waals surface area (Å²) in [7, 11) is 0. The number of carboxylic acid groups (broad SMARTS) is 1. The van der Waals surface area contributed by atoms with Gasteiger partial charge in [0, 0.05) is 49.7 Å². The summed E-state index contributed by atoms with van der Waals surface area (Å²) in [6, 6.07) is 10.3. The lowest BCUT2D eigenvalue weighted by molar-refractivity contribution is 0.134. The number of nitrogens with two attached hydrogens (primary N) is 1. The van der Waals surface area contributed by atoms with Crippen LogP contribution in [0.4, 0.5) is 10.5 Å². The van der Waals surface area contributed by atoms with E-state index in [0.29, 0.717) is 38.7 Å². The maximum absolute atomic E-state index is 11.3. The van der Waals surface area contributed by atoms with Crippen molar-refractivity contribution in [3.05, 3.63) is 42.1 Å². The SMILES string of the molecule is CCOc1ncccc1-c1ccc(N2CCN(C(=O)O)CC2CC)c(CN)c1. The van der Waals surface area contributed by atoms with Gasteiger partial charge in [0.2, 0.25) is 5.88 Å². The number of hydrogen-bond acceptors (Lipinski definition) is 5. The van der Waals surface area contributed by atoms with Gasteiger partial charge in [-0.15, -0.1) is 0 Å². The molecule has 1 atom stereocenters. The molecule has 0 radical (unpaired) electrons. The van der Waals surface area contributed by atoms with Gasteiger partial charge in [0.1, 0.15) is 0 Å². The van der Waals surface area contributed by atoms with Crippen LogP contribution in [0.2, 0.25) is 0 Å². The molecule has 2 heterocycles. The molecule has 1 aliphatic rings. The summed E-state index contributed by atoms with van der Waals surface area (Å²) in [5.74, 6) is 0.613. The number of amides is 1. The Bertz CT molecular complexity index is 827. The zero-order valence-corrected chi connectivity index (χ0v) is 16.5. The summed E-state index contributed by atoms with van der Waals surface area (Å²) in [5, 5.41) is 9.31. The Morgan fingerprint density at radius 1 is 1.32 bits per heavy atom. The first-order chi connectivity index (χ1) is 13.6. The largest absolute Gasteiger partial charge is 0.478 e. The summed E-state index contributed by atoms with van der Waals surface area (Å²) in [5.41, 5.74) is 10.1. The van der Waals surface area contributed by atoms with Crippen molar-refractivity contribution in [2.24, 2.45) is 5.73 Å². The van der Waals surface area contributed by atoms with Gasteiger partial charge < -0.3 is 25.4 Å².